The smallest absolute Gasteiger partial charge is 0.187 e. The van der Waals surface area contributed by atoms with E-state index in [2.05, 4.69) is 20.1 Å². The van der Waals surface area contributed by atoms with Gasteiger partial charge in [-0.3, -0.25) is 0 Å². The minimum absolute atomic E-state index is 0.0600. The van der Waals surface area contributed by atoms with Crippen LogP contribution in [-0.2, 0) is 6.42 Å². The van der Waals surface area contributed by atoms with Gasteiger partial charge in [0.25, 0.3) is 0 Å². The van der Waals surface area contributed by atoms with Crippen LogP contribution in [0.3, 0.4) is 0 Å². The summed E-state index contributed by atoms with van der Waals surface area (Å²) in [6.45, 7) is 3.36. The number of anilines is 1. The lowest BCUT2D eigenvalue weighted by atomic mass is 9.77. The number of aryl methyl sites for hydroxylation is 1. The van der Waals surface area contributed by atoms with Crippen molar-refractivity contribution in [2.45, 2.75) is 38.3 Å². The molecule has 1 saturated carbocycles. The van der Waals surface area contributed by atoms with Gasteiger partial charge in [-0.1, -0.05) is 6.92 Å². The van der Waals surface area contributed by atoms with Gasteiger partial charge in [-0.2, -0.15) is 5.10 Å². The number of rotatable bonds is 3. The van der Waals surface area contributed by atoms with E-state index in [1.165, 1.54) is 12.7 Å². The van der Waals surface area contributed by atoms with Crippen molar-refractivity contribution in [1.29, 1.82) is 0 Å². The molecule has 4 atom stereocenters. The Balaban J connectivity index is 1.54. The summed E-state index contributed by atoms with van der Waals surface area (Å²) in [4.78, 5) is 14.1. The number of hydrogen-bond acceptors (Lipinski definition) is 6. The molecule has 0 spiro atoms. The maximum Gasteiger partial charge on any atom is 0.187 e. The molecule has 0 unspecified atom stereocenters. The molecule has 0 amide bonds. The fourth-order valence-electron chi connectivity index (χ4n) is 4.12. The summed E-state index contributed by atoms with van der Waals surface area (Å²) in [5, 5.41) is 14.6. The molecular weight excluding hydrogens is 311 g/mol. The van der Waals surface area contributed by atoms with E-state index in [-0.39, 0.29) is 11.9 Å². The van der Waals surface area contributed by atoms with E-state index in [9.17, 15) is 9.50 Å². The van der Waals surface area contributed by atoms with Crippen molar-refractivity contribution in [3.8, 4) is 0 Å². The van der Waals surface area contributed by atoms with Crippen molar-refractivity contribution in [2.24, 2.45) is 11.8 Å². The molecule has 0 aromatic carbocycles. The Morgan fingerprint density at radius 3 is 2.71 bits per heavy atom. The minimum atomic E-state index is -0.450. The largest absolute Gasteiger partial charge is 0.391 e. The standard InChI is InChI=1S/C16H21FN6O/c1-2-12-15(17)16(20-8-19-12)22-5-10-3-13(23-9-18-7-21-23)14(24)4-11(10)6-22/h7-11,13-14,24H,2-6H2,1H3/t10-,11+,13-,14-/m1/s1. The molecule has 128 valence electrons. The molecule has 24 heavy (non-hydrogen) atoms. The maximum atomic E-state index is 14.5. The first-order valence-corrected chi connectivity index (χ1v) is 8.43. The van der Waals surface area contributed by atoms with Crippen LogP contribution in [0.25, 0.3) is 0 Å². The summed E-state index contributed by atoms with van der Waals surface area (Å²) in [5.74, 6) is 0.816. The van der Waals surface area contributed by atoms with Crippen LogP contribution in [0.15, 0.2) is 19.0 Å². The van der Waals surface area contributed by atoms with Crippen molar-refractivity contribution in [1.82, 2.24) is 24.7 Å². The molecule has 4 rings (SSSR count). The van der Waals surface area contributed by atoms with Crippen molar-refractivity contribution in [2.75, 3.05) is 18.0 Å². The van der Waals surface area contributed by atoms with Gasteiger partial charge >= 0.3 is 0 Å². The molecule has 2 aliphatic rings. The number of nitrogens with zero attached hydrogens (tertiary/aromatic N) is 6. The normalized spacial score (nSPS) is 29.7. The number of fused-ring (bicyclic) bond motifs is 1. The summed E-state index contributed by atoms with van der Waals surface area (Å²) in [6.07, 6.45) is 6.19. The van der Waals surface area contributed by atoms with Crippen molar-refractivity contribution in [3.05, 3.63) is 30.5 Å². The van der Waals surface area contributed by atoms with Crippen LogP contribution in [0.4, 0.5) is 10.2 Å². The summed E-state index contributed by atoms with van der Waals surface area (Å²) < 4.78 is 16.3. The molecule has 7 nitrogen and oxygen atoms in total. The van der Waals surface area contributed by atoms with Gasteiger partial charge in [0.05, 0.1) is 17.8 Å². The van der Waals surface area contributed by atoms with Crippen LogP contribution < -0.4 is 4.90 Å². The van der Waals surface area contributed by atoms with Gasteiger partial charge in [0.1, 0.15) is 19.0 Å². The van der Waals surface area contributed by atoms with Crippen LogP contribution >= 0.6 is 0 Å². The predicted molar refractivity (Wildman–Crippen MR) is 84.9 cm³/mol. The number of aliphatic hydroxyl groups is 1. The first-order valence-electron chi connectivity index (χ1n) is 8.43. The third-order valence-electron chi connectivity index (χ3n) is 5.36. The van der Waals surface area contributed by atoms with Crippen LogP contribution in [0.1, 0.15) is 31.5 Å². The molecule has 1 aliphatic carbocycles. The van der Waals surface area contributed by atoms with Crippen molar-refractivity contribution < 1.29 is 9.50 Å². The molecule has 1 aliphatic heterocycles. The van der Waals surface area contributed by atoms with Crippen LogP contribution in [0.5, 0.6) is 0 Å². The topological polar surface area (TPSA) is 80.0 Å². The van der Waals surface area contributed by atoms with Crippen LogP contribution in [0.2, 0.25) is 0 Å². The second-order valence-electron chi connectivity index (χ2n) is 6.72. The molecule has 1 saturated heterocycles. The van der Waals surface area contributed by atoms with Crippen molar-refractivity contribution >= 4 is 5.82 Å². The monoisotopic (exact) mass is 332 g/mol. The number of aliphatic hydroxyl groups excluding tert-OH is 1. The molecular formula is C16H21FN6O. The zero-order valence-electron chi connectivity index (χ0n) is 13.6. The zero-order chi connectivity index (χ0) is 16.7. The minimum Gasteiger partial charge on any atom is -0.391 e. The molecule has 3 heterocycles. The van der Waals surface area contributed by atoms with Crippen molar-refractivity contribution in [3.63, 3.8) is 0 Å². The van der Waals surface area contributed by atoms with Gasteiger partial charge in [0, 0.05) is 13.1 Å². The van der Waals surface area contributed by atoms with E-state index in [1.54, 1.807) is 11.0 Å². The van der Waals surface area contributed by atoms with Gasteiger partial charge in [0.2, 0.25) is 0 Å². The summed E-state index contributed by atoms with van der Waals surface area (Å²) >= 11 is 0. The van der Waals surface area contributed by atoms with E-state index in [0.717, 1.165) is 19.5 Å². The van der Waals surface area contributed by atoms with Gasteiger partial charge in [0.15, 0.2) is 11.6 Å². The first kappa shape index (κ1) is 15.4. The first-order chi connectivity index (χ1) is 11.7. The number of hydrogen-bond donors (Lipinski definition) is 1. The van der Waals surface area contributed by atoms with Gasteiger partial charge in [-0.15, -0.1) is 0 Å². The zero-order valence-corrected chi connectivity index (χ0v) is 13.6. The highest BCUT2D eigenvalue weighted by Crippen LogP contribution is 2.42. The Morgan fingerprint density at radius 2 is 2.00 bits per heavy atom. The highest BCUT2D eigenvalue weighted by Gasteiger charge is 2.43. The molecule has 2 fully saturated rings. The molecule has 2 aromatic heterocycles. The molecule has 1 N–H and O–H groups in total. The average Bonchev–Trinajstić information content (AvgIpc) is 3.23. The van der Waals surface area contributed by atoms with E-state index in [1.807, 2.05) is 11.8 Å². The lowest BCUT2D eigenvalue weighted by Crippen LogP contribution is -2.36. The van der Waals surface area contributed by atoms with Crippen LogP contribution in [-0.4, -0.2) is 49.0 Å². The van der Waals surface area contributed by atoms with Crippen LogP contribution in [0, 0.1) is 17.7 Å². The highest BCUT2D eigenvalue weighted by atomic mass is 19.1. The third-order valence-corrected chi connectivity index (χ3v) is 5.36. The predicted octanol–water partition coefficient (Wildman–Crippen LogP) is 1.22. The average molecular weight is 332 g/mol. The second-order valence-corrected chi connectivity index (χ2v) is 6.72. The maximum absolute atomic E-state index is 14.5. The molecule has 2 aromatic rings. The Labute approximate surface area is 139 Å². The Kier molecular flexibility index (Phi) is 3.91. The van der Waals surface area contributed by atoms with E-state index in [4.69, 9.17) is 0 Å². The molecule has 0 radical (unpaired) electrons. The fraction of sp³-hybridized carbons (Fsp3) is 0.625. The van der Waals surface area contributed by atoms with Gasteiger partial charge in [-0.25, -0.2) is 24.0 Å². The Hall–Kier alpha value is -2.09. The second kappa shape index (κ2) is 6.08. The van der Waals surface area contributed by atoms with E-state index < -0.39 is 6.10 Å². The summed E-state index contributed by atoms with van der Waals surface area (Å²) in [7, 11) is 0. The van der Waals surface area contributed by atoms with Gasteiger partial charge < -0.3 is 10.0 Å². The Bertz CT molecular complexity index is 709. The quantitative estimate of drug-likeness (QED) is 0.910. The molecule has 8 heteroatoms. The SMILES string of the molecule is CCc1ncnc(N2C[C@H]3C[C@@H](n4cncn4)[C@H](O)C[C@H]3C2)c1F. The lowest BCUT2D eigenvalue weighted by Gasteiger charge is -2.34. The fourth-order valence-corrected chi connectivity index (χ4v) is 4.12. The third kappa shape index (κ3) is 2.54. The van der Waals surface area contributed by atoms with Gasteiger partial charge in [-0.05, 0) is 31.1 Å². The Morgan fingerprint density at radius 1 is 1.21 bits per heavy atom. The number of halogens is 1. The molecule has 0 bridgehead atoms. The summed E-state index contributed by atoms with van der Waals surface area (Å²) in [6, 6.07) is -0.0600. The highest BCUT2D eigenvalue weighted by molar-refractivity contribution is 5.42. The lowest BCUT2D eigenvalue weighted by molar-refractivity contribution is 0.0305. The van der Waals surface area contributed by atoms with E-state index in [0.29, 0.717) is 36.2 Å². The number of aromatic nitrogens is 5. The van der Waals surface area contributed by atoms with E-state index >= 15 is 0 Å². The summed E-state index contributed by atoms with van der Waals surface area (Å²) in [5.41, 5.74) is 0.454.